The number of hydrogen-bond donors (Lipinski definition) is 0. The molecule has 0 unspecified atom stereocenters. The van der Waals surface area contributed by atoms with Crippen LogP contribution in [0.5, 0.6) is 0 Å². The highest BCUT2D eigenvalue weighted by Crippen LogP contribution is 2.38. The van der Waals surface area contributed by atoms with E-state index in [4.69, 9.17) is 0 Å². The van der Waals surface area contributed by atoms with Crippen LogP contribution in [0, 0.1) is 20.2 Å². The second-order valence-corrected chi connectivity index (χ2v) is 8.51. The maximum absolute atomic E-state index is 11.1. The minimum Gasteiger partial charge on any atom is -0.258 e. The summed E-state index contributed by atoms with van der Waals surface area (Å²) in [5.41, 5.74) is 1.81. The maximum atomic E-state index is 11.1. The predicted octanol–water partition coefficient (Wildman–Crippen LogP) is 4.92. The number of anilines is 2. The smallest absolute Gasteiger partial charge is 0.258 e. The average molecular weight is 441 g/mol. The molecule has 0 aliphatic heterocycles. The number of aromatic nitrogens is 2. The minimum atomic E-state index is -0.420. The molecule has 1 heterocycles. The van der Waals surface area contributed by atoms with Gasteiger partial charge in [0, 0.05) is 29.8 Å². The van der Waals surface area contributed by atoms with Gasteiger partial charge in [-0.15, -0.1) is 4.68 Å². The summed E-state index contributed by atoms with van der Waals surface area (Å²) in [6.45, 7) is 0. The van der Waals surface area contributed by atoms with Crippen molar-refractivity contribution >= 4 is 33.5 Å². The van der Waals surface area contributed by atoms with Crippen molar-refractivity contribution in [3.63, 3.8) is 0 Å². The Morgan fingerprint density at radius 3 is 2.03 bits per heavy atom. The molecule has 1 aromatic heterocycles. The van der Waals surface area contributed by atoms with Crippen molar-refractivity contribution < 1.29 is 14.5 Å². The second-order valence-electron chi connectivity index (χ2n) is 7.55. The maximum Gasteiger partial charge on any atom is 0.363 e. The van der Waals surface area contributed by atoms with E-state index < -0.39 is 9.85 Å². The van der Waals surface area contributed by atoms with Crippen molar-refractivity contribution in [2.24, 2.45) is 7.05 Å². The zero-order valence-corrected chi connectivity index (χ0v) is 17.8. The molecule has 9 nitrogen and oxygen atoms in total. The van der Waals surface area contributed by atoms with Crippen molar-refractivity contribution in [2.75, 3.05) is 4.90 Å². The fourth-order valence-electron chi connectivity index (χ4n) is 3.95. The van der Waals surface area contributed by atoms with Crippen molar-refractivity contribution in [2.45, 2.75) is 38.1 Å². The Bertz CT molecular complexity index is 1090. The first-order chi connectivity index (χ1) is 14.9. The van der Waals surface area contributed by atoms with E-state index in [9.17, 15) is 20.2 Å². The van der Waals surface area contributed by atoms with E-state index in [1.165, 1.54) is 42.0 Å². The number of nitro groups is 2. The summed E-state index contributed by atoms with van der Waals surface area (Å²) in [4.78, 5) is 23.4. The first-order valence-electron chi connectivity index (χ1n) is 10.1. The fourth-order valence-corrected chi connectivity index (χ4v) is 5.07. The molecule has 1 aliphatic carbocycles. The van der Waals surface area contributed by atoms with Gasteiger partial charge in [0.2, 0.25) is 0 Å². The van der Waals surface area contributed by atoms with Gasteiger partial charge in [0.05, 0.1) is 9.85 Å². The lowest BCUT2D eigenvalue weighted by Crippen LogP contribution is -2.42. The molecule has 0 saturated heterocycles. The molecule has 4 rings (SSSR count). The van der Waals surface area contributed by atoms with E-state index in [1.54, 1.807) is 24.3 Å². The third-order valence-corrected chi connectivity index (χ3v) is 6.67. The molecule has 1 fully saturated rings. The van der Waals surface area contributed by atoms with E-state index in [0.717, 1.165) is 47.1 Å². The van der Waals surface area contributed by atoms with Gasteiger partial charge in [-0.3, -0.25) is 20.2 Å². The first kappa shape index (κ1) is 20.9. The highest BCUT2D eigenvalue weighted by molar-refractivity contribution is 7.18. The molecule has 0 radical (unpaired) electrons. The molecule has 0 spiro atoms. The van der Waals surface area contributed by atoms with Gasteiger partial charge in [-0.25, -0.2) is 4.90 Å². The monoisotopic (exact) mass is 440 g/mol. The van der Waals surface area contributed by atoms with Gasteiger partial charge in [-0.1, -0.05) is 11.5 Å². The Kier molecular flexibility index (Phi) is 5.90. The van der Waals surface area contributed by atoms with E-state index >= 15 is 0 Å². The lowest BCUT2D eigenvalue weighted by Gasteiger charge is -2.28. The summed E-state index contributed by atoms with van der Waals surface area (Å²) >= 11 is 1.51. The van der Waals surface area contributed by atoms with Crippen LogP contribution < -0.4 is 9.58 Å². The molecular formula is C21H22N5O4S+. The van der Waals surface area contributed by atoms with Crippen LogP contribution in [-0.2, 0) is 7.05 Å². The third-order valence-electron chi connectivity index (χ3n) is 5.52. The summed E-state index contributed by atoms with van der Waals surface area (Å²) in [5.74, 6) is 0. The first-order valence-corrected chi connectivity index (χ1v) is 10.9. The Morgan fingerprint density at radius 1 is 0.935 bits per heavy atom. The number of non-ortho nitro benzene ring substituents is 2. The molecule has 3 aromatic rings. The fraction of sp³-hybridized carbons (Fsp3) is 0.333. The Labute approximate surface area is 182 Å². The lowest BCUT2D eigenvalue weighted by molar-refractivity contribution is -0.713. The number of benzene rings is 2. The van der Waals surface area contributed by atoms with Crippen molar-refractivity contribution in [1.29, 1.82) is 0 Å². The highest BCUT2D eigenvalue weighted by Gasteiger charge is 2.34. The Morgan fingerprint density at radius 2 is 1.48 bits per heavy atom. The number of nitro benzene ring substituents is 2. The average Bonchev–Trinajstić information content (AvgIpc) is 3.16. The summed E-state index contributed by atoms with van der Waals surface area (Å²) < 4.78 is 1.82. The predicted molar refractivity (Wildman–Crippen MR) is 117 cm³/mol. The van der Waals surface area contributed by atoms with E-state index in [2.05, 4.69) is 10.00 Å². The van der Waals surface area contributed by atoms with Gasteiger partial charge >= 0.3 is 5.13 Å². The van der Waals surface area contributed by atoms with Crippen LogP contribution in [0.2, 0.25) is 0 Å². The molecule has 0 amide bonds. The molecule has 1 aliphatic rings. The second kappa shape index (κ2) is 8.76. The molecule has 0 bridgehead atoms. The largest absolute Gasteiger partial charge is 0.363 e. The number of hydrogen-bond acceptors (Lipinski definition) is 7. The minimum absolute atomic E-state index is 0.0413. The molecule has 0 N–H and O–H groups in total. The molecule has 1 saturated carbocycles. The summed E-state index contributed by atoms with van der Waals surface area (Å²) in [6.07, 6.45) is 5.59. The number of aryl methyl sites for hydroxylation is 1. The summed E-state index contributed by atoms with van der Waals surface area (Å²) in [6, 6.07) is 13.3. The van der Waals surface area contributed by atoms with Crippen LogP contribution in [0.15, 0.2) is 48.5 Å². The normalized spacial score (nSPS) is 14.4. The summed E-state index contributed by atoms with van der Waals surface area (Å²) in [7, 11) is 1.88. The Hall–Kier alpha value is -3.40. The molecule has 10 heteroatoms. The van der Waals surface area contributed by atoms with Gasteiger partial charge in [0.25, 0.3) is 11.4 Å². The third kappa shape index (κ3) is 4.38. The quantitative estimate of drug-likeness (QED) is 0.306. The lowest BCUT2D eigenvalue weighted by atomic mass is 9.94. The zero-order valence-electron chi connectivity index (χ0n) is 17.0. The number of nitrogens with zero attached hydrogens (tertiary/aromatic N) is 5. The highest BCUT2D eigenvalue weighted by atomic mass is 32.1. The van der Waals surface area contributed by atoms with Gasteiger partial charge in [-0.05, 0) is 61.3 Å². The van der Waals surface area contributed by atoms with Gasteiger partial charge in [0.15, 0.2) is 5.01 Å². The van der Waals surface area contributed by atoms with Crippen LogP contribution in [0.3, 0.4) is 0 Å². The summed E-state index contributed by atoms with van der Waals surface area (Å²) in [5, 5.41) is 28.3. The van der Waals surface area contributed by atoms with E-state index in [0.29, 0.717) is 0 Å². The molecular weight excluding hydrogens is 418 g/mol. The topological polar surface area (TPSA) is 106 Å². The van der Waals surface area contributed by atoms with Gasteiger partial charge in [0.1, 0.15) is 18.8 Å². The van der Waals surface area contributed by atoms with Crippen LogP contribution in [0.25, 0.3) is 10.6 Å². The molecule has 160 valence electrons. The van der Waals surface area contributed by atoms with Crippen LogP contribution in [-0.4, -0.2) is 21.0 Å². The number of rotatable bonds is 6. The molecule has 0 atom stereocenters. The van der Waals surface area contributed by atoms with Crippen LogP contribution >= 0.6 is 11.3 Å². The van der Waals surface area contributed by atoms with E-state index in [-0.39, 0.29) is 17.4 Å². The zero-order chi connectivity index (χ0) is 22.0. The van der Waals surface area contributed by atoms with Crippen LogP contribution in [0.4, 0.5) is 22.2 Å². The molecule has 2 aromatic carbocycles. The SMILES string of the molecule is C[n+]1nc(-c2ccc([N+](=O)[O-])cc2)sc1N(c1ccc([N+](=O)[O-])cc1)C1CCCCC1. The van der Waals surface area contributed by atoms with E-state index in [1.807, 2.05) is 11.7 Å². The molecule has 31 heavy (non-hydrogen) atoms. The van der Waals surface area contributed by atoms with Crippen molar-refractivity contribution in [3.05, 3.63) is 68.8 Å². The van der Waals surface area contributed by atoms with Gasteiger partial charge in [-0.2, -0.15) is 0 Å². The standard InChI is InChI=1S/C21H22N5O4S/c1-23-21(31-20(22-23)15-7-9-18(10-8-15)25(27)28)24(16-5-3-2-4-6-16)17-11-13-19(14-12-17)26(29)30/h7-14,16H,2-6H2,1H3/q+1. The van der Waals surface area contributed by atoms with Crippen molar-refractivity contribution in [3.8, 4) is 10.6 Å². The van der Waals surface area contributed by atoms with Crippen molar-refractivity contribution in [1.82, 2.24) is 5.10 Å². The Balaban J connectivity index is 1.72. The van der Waals surface area contributed by atoms with Gasteiger partial charge < -0.3 is 0 Å². The van der Waals surface area contributed by atoms with Crippen LogP contribution in [0.1, 0.15) is 32.1 Å².